The van der Waals surface area contributed by atoms with E-state index >= 15 is 0 Å². The van der Waals surface area contributed by atoms with Crippen LogP contribution in [0.15, 0.2) is 22.7 Å². The zero-order valence-corrected chi connectivity index (χ0v) is 11.4. The minimum atomic E-state index is -3.58. The summed E-state index contributed by atoms with van der Waals surface area (Å²) in [6, 6.07) is 5.05. The fraction of sp³-hybridized carbons (Fsp3) is 0.333. The number of benzene rings is 1. The van der Waals surface area contributed by atoms with Gasteiger partial charge >= 0.3 is 0 Å². The van der Waals surface area contributed by atoms with Crippen LogP contribution in [0.2, 0.25) is 0 Å². The van der Waals surface area contributed by atoms with Gasteiger partial charge in [0, 0.05) is 10.7 Å². The van der Waals surface area contributed by atoms with Crippen molar-refractivity contribution < 1.29 is 13.2 Å². The lowest BCUT2D eigenvalue weighted by atomic mass is 10.1. The third-order valence-corrected chi connectivity index (χ3v) is 4.61. The van der Waals surface area contributed by atoms with E-state index in [-0.39, 0.29) is 0 Å². The molecule has 0 aliphatic carbocycles. The Hall–Kier alpha value is -0.260. The van der Waals surface area contributed by atoms with Gasteiger partial charge in [0.15, 0.2) is 0 Å². The molecule has 0 amide bonds. The van der Waals surface area contributed by atoms with Gasteiger partial charge in [0.25, 0.3) is 0 Å². The van der Waals surface area contributed by atoms with Crippen molar-refractivity contribution in [2.45, 2.75) is 12.2 Å². The zero-order valence-electron chi connectivity index (χ0n) is 8.20. The molecule has 3 nitrogen and oxygen atoms in total. The number of ether oxygens (including phenoxy) is 1. The Bertz CT molecular complexity index is 458. The van der Waals surface area contributed by atoms with Crippen LogP contribution < -0.4 is 4.74 Å². The fourth-order valence-corrected chi connectivity index (χ4v) is 2.44. The number of hydrogen-bond donors (Lipinski definition) is 0. The first-order valence-electron chi connectivity index (χ1n) is 4.13. The van der Waals surface area contributed by atoms with Gasteiger partial charge in [-0.2, -0.15) is 0 Å². The van der Waals surface area contributed by atoms with Crippen molar-refractivity contribution in [1.29, 1.82) is 0 Å². The summed E-state index contributed by atoms with van der Waals surface area (Å²) in [5, 5.41) is -0.735. The van der Waals surface area contributed by atoms with E-state index in [1.54, 1.807) is 25.3 Å². The van der Waals surface area contributed by atoms with Crippen molar-refractivity contribution in [2.75, 3.05) is 7.11 Å². The standard InChI is InChI=1S/C9H10BrClO3S/c1-6(15(11,12)13)7-3-4-9(14-2)8(10)5-7/h3-6H,1-2H3. The molecule has 0 saturated heterocycles. The lowest BCUT2D eigenvalue weighted by molar-refractivity contribution is 0.412. The maximum Gasteiger partial charge on any atom is 0.239 e. The summed E-state index contributed by atoms with van der Waals surface area (Å²) < 4.78 is 28.0. The number of halogens is 2. The molecule has 0 spiro atoms. The van der Waals surface area contributed by atoms with Crippen LogP contribution in [0.5, 0.6) is 5.75 Å². The van der Waals surface area contributed by atoms with E-state index in [9.17, 15) is 8.42 Å². The van der Waals surface area contributed by atoms with Crippen LogP contribution in [0, 0.1) is 0 Å². The van der Waals surface area contributed by atoms with Crippen LogP contribution in [0.25, 0.3) is 0 Å². The summed E-state index contributed by atoms with van der Waals surface area (Å²) in [7, 11) is 3.23. The molecule has 1 rings (SSSR count). The van der Waals surface area contributed by atoms with E-state index in [2.05, 4.69) is 15.9 Å². The van der Waals surface area contributed by atoms with Crippen LogP contribution in [0.3, 0.4) is 0 Å². The highest BCUT2D eigenvalue weighted by Gasteiger charge is 2.20. The van der Waals surface area contributed by atoms with Gasteiger partial charge in [0.1, 0.15) is 5.75 Å². The van der Waals surface area contributed by atoms with Crippen LogP contribution in [0.1, 0.15) is 17.7 Å². The molecule has 0 aliphatic rings. The SMILES string of the molecule is COc1ccc(C(C)S(=O)(=O)Cl)cc1Br. The van der Waals surface area contributed by atoms with Gasteiger partial charge in [-0.15, -0.1) is 0 Å². The molecule has 0 heterocycles. The topological polar surface area (TPSA) is 43.4 Å². The molecular weight excluding hydrogens is 304 g/mol. The largest absolute Gasteiger partial charge is 0.496 e. The van der Waals surface area contributed by atoms with Crippen LogP contribution in [0.4, 0.5) is 0 Å². The lowest BCUT2D eigenvalue weighted by Crippen LogP contribution is -2.02. The molecule has 0 aromatic heterocycles. The molecule has 0 saturated carbocycles. The van der Waals surface area contributed by atoms with E-state index in [1.165, 1.54) is 6.92 Å². The third-order valence-electron chi connectivity index (χ3n) is 2.07. The quantitative estimate of drug-likeness (QED) is 0.805. The predicted octanol–water partition coefficient (Wildman–Crippen LogP) is 3.09. The van der Waals surface area contributed by atoms with Gasteiger partial charge in [-0.1, -0.05) is 6.07 Å². The first-order chi connectivity index (χ1) is 6.86. The van der Waals surface area contributed by atoms with E-state index in [4.69, 9.17) is 15.4 Å². The molecule has 84 valence electrons. The fourth-order valence-electron chi connectivity index (χ4n) is 1.10. The summed E-state index contributed by atoms with van der Waals surface area (Å²) in [4.78, 5) is 0. The molecular formula is C9H10BrClO3S. The Morgan fingerprint density at radius 3 is 2.47 bits per heavy atom. The second-order valence-corrected chi connectivity index (χ2v) is 6.81. The van der Waals surface area contributed by atoms with E-state index in [1.807, 2.05) is 0 Å². The van der Waals surface area contributed by atoms with Gasteiger partial charge in [0.05, 0.1) is 16.8 Å². The molecule has 6 heteroatoms. The van der Waals surface area contributed by atoms with Gasteiger partial charge < -0.3 is 4.74 Å². The third kappa shape index (κ3) is 3.09. The molecule has 0 bridgehead atoms. The molecule has 1 aromatic carbocycles. The first kappa shape index (κ1) is 12.8. The zero-order chi connectivity index (χ0) is 11.6. The van der Waals surface area contributed by atoms with Gasteiger partial charge in [-0.25, -0.2) is 8.42 Å². The maximum absolute atomic E-state index is 11.1. The van der Waals surface area contributed by atoms with Crippen LogP contribution >= 0.6 is 26.6 Å². The summed E-state index contributed by atoms with van der Waals surface area (Å²) in [5.74, 6) is 0.651. The van der Waals surface area contributed by atoms with Crippen molar-refractivity contribution in [3.63, 3.8) is 0 Å². The Morgan fingerprint density at radius 1 is 1.47 bits per heavy atom. The Labute approximate surface area is 102 Å². The van der Waals surface area contributed by atoms with Crippen LogP contribution in [-0.4, -0.2) is 15.5 Å². The second kappa shape index (κ2) is 4.72. The normalized spacial score (nSPS) is 13.6. The maximum atomic E-state index is 11.1. The summed E-state index contributed by atoms with van der Waals surface area (Å²) in [5.41, 5.74) is 0.623. The van der Waals surface area contributed by atoms with Crippen molar-refractivity contribution in [3.05, 3.63) is 28.2 Å². The molecule has 15 heavy (non-hydrogen) atoms. The van der Waals surface area contributed by atoms with Crippen molar-refractivity contribution >= 4 is 35.7 Å². The highest BCUT2D eigenvalue weighted by molar-refractivity contribution is 9.10. The Morgan fingerprint density at radius 2 is 2.07 bits per heavy atom. The Balaban J connectivity index is 3.13. The average Bonchev–Trinajstić information content (AvgIpc) is 2.15. The smallest absolute Gasteiger partial charge is 0.239 e. The summed E-state index contributed by atoms with van der Waals surface area (Å²) >= 11 is 3.28. The minimum absolute atomic E-state index is 0.623. The predicted molar refractivity (Wildman–Crippen MR) is 63.9 cm³/mol. The van der Waals surface area contributed by atoms with Crippen molar-refractivity contribution in [1.82, 2.24) is 0 Å². The summed E-state index contributed by atoms with van der Waals surface area (Å²) in [6.45, 7) is 1.54. The van der Waals surface area contributed by atoms with Crippen LogP contribution in [-0.2, 0) is 9.05 Å². The Kier molecular flexibility index (Phi) is 4.03. The molecule has 0 fully saturated rings. The number of rotatable bonds is 3. The van der Waals surface area contributed by atoms with E-state index in [0.29, 0.717) is 15.8 Å². The number of hydrogen-bond acceptors (Lipinski definition) is 3. The first-order valence-corrected chi connectivity index (χ1v) is 7.29. The minimum Gasteiger partial charge on any atom is -0.496 e. The van der Waals surface area contributed by atoms with Gasteiger partial charge in [-0.05, 0) is 40.5 Å². The van der Waals surface area contributed by atoms with Crippen molar-refractivity contribution in [2.24, 2.45) is 0 Å². The lowest BCUT2D eigenvalue weighted by Gasteiger charge is -2.10. The average molecular weight is 314 g/mol. The van der Waals surface area contributed by atoms with Crippen molar-refractivity contribution in [3.8, 4) is 5.75 Å². The molecule has 1 atom stereocenters. The van der Waals surface area contributed by atoms with Gasteiger partial charge in [-0.3, -0.25) is 0 Å². The monoisotopic (exact) mass is 312 g/mol. The number of methoxy groups -OCH3 is 1. The second-order valence-electron chi connectivity index (χ2n) is 3.01. The van der Waals surface area contributed by atoms with E-state index < -0.39 is 14.3 Å². The summed E-state index contributed by atoms with van der Waals surface area (Å²) in [6.07, 6.45) is 0. The molecule has 1 unspecified atom stereocenters. The molecule has 1 aromatic rings. The van der Waals surface area contributed by atoms with Gasteiger partial charge in [0.2, 0.25) is 9.05 Å². The highest BCUT2D eigenvalue weighted by atomic mass is 79.9. The van der Waals surface area contributed by atoms with E-state index in [0.717, 1.165) is 0 Å². The molecule has 0 aliphatic heterocycles. The molecule has 0 radical (unpaired) electrons. The highest BCUT2D eigenvalue weighted by Crippen LogP contribution is 2.31. The molecule has 0 N–H and O–H groups in total.